The first kappa shape index (κ1) is 16.7. The minimum atomic E-state index is 0.720. The topological polar surface area (TPSA) is 15.3 Å². The highest BCUT2D eigenvalue weighted by atomic mass is 32.1. The fraction of sp³-hybridized carbons (Fsp3) is 0.750. The lowest BCUT2D eigenvalue weighted by atomic mass is 10.1. The number of hydrogen-bond acceptors (Lipinski definition) is 3. The highest BCUT2D eigenvalue weighted by Crippen LogP contribution is 2.21. The Morgan fingerprint density at radius 1 is 1.16 bits per heavy atom. The van der Waals surface area contributed by atoms with Gasteiger partial charge in [0.05, 0.1) is 0 Å². The third-order valence-corrected chi connectivity index (χ3v) is 4.56. The van der Waals surface area contributed by atoms with E-state index in [9.17, 15) is 0 Å². The summed E-state index contributed by atoms with van der Waals surface area (Å²) >= 11 is 1.95. The molecule has 1 aromatic rings. The van der Waals surface area contributed by atoms with Gasteiger partial charge >= 0.3 is 0 Å². The van der Waals surface area contributed by atoms with Gasteiger partial charge in [-0.05, 0) is 37.9 Å². The molecule has 1 aromatic heterocycles. The molecule has 0 aliphatic heterocycles. The Labute approximate surface area is 123 Å². The molecule has 0 radical (unpaired) electrons. The highest BCUT2D eigenvalue weighted by molar-refractivity contribution is 7.11. The Kier molecular flexibility index (Phi) is 7.66. The molecule has 3 heteroatoms. The van der Waals surface area contributed by atoms with Crippen LogP contribution >= 0.6 is 11.3 Å². The van der Waals surface area contributed by atoms with Crippen LogP contribution in [0.4, 0.5) is 0 Å². The van der Waals surface area contributed by atoms with Crippen LogP contribution in [0.2, 0.25) is 0 Å². The van der Waals surface area contributed by atoms with Crippen LogP contribution in [0.25, 0.3) is 0 Å². The Bertz CT molecular complexity index is 342. The van der Waals surface area contributed by atoms with Crippen molar-refractivity contribution in [1.82, 2.24) is 10.2 Å². The average molecular weight is 282 g/mol. The van der Waals surface area contributed by atoms with Gasteiger partial charge in [-0.1, -0.05) is 27.7 Å². The van der Waals surface area contributed by atoms with Crippen molar-refractivity contribution in [1.29, 1.82) is 0 Å². The van der Waals surface area contributed by atoms with Gasteiger partial charge in [-0.3, -0.25) is 4.90 Å². The van der Waals surface area contributed by atoms with E-state index in [2.05, 4.69) is 50.0 Å². The van der Waals surface area contributed by atoms with Crippen molar-refractivity contribution in [2.45, 2.75) is 59.7 Å². The summed E-state index contributed by atoms with van der Waals surface area (Å²) in [5, 5.41) is 3.22. The van der Waals surface area contributed by atoms with Gasteiger partial charge in [0.25, 0.3) is 0 Å². The first-order chi connectivity index (χ1) is 9.10. The maximum atomic E-state index is 3.22. The summed E-state index contributed by atoms with van der Waals surface area (Å²) in [5.74, 6) is 0.734. The number of nitrogens with one attached hydrogen (secondary N) is 1. The molecule has 1 heterocycles. The number of nitrogens with zero attached hydrogens (tertiary/aromatic N) is 1. The van der Waals surface area contributed by atoms with Crippen molar-refractivity contribution < 1.29 is 0 Å². The van der Waals surface area contributed by atoms with E-state index in [-0.39, 0.29) is 0 Å². The Hall–Kier alpha value is -0.380. The zero-order chi connectivity index (χ0) is 14.3. The molecule has 1 N–H and O–H groups in total. The molecule has 0 aliphatic carbocycles. The maximum absolute atomic E-state index is 3.22. The van der Waals surface area contributed by atoms with Crippen LogP contribution in [-0.2, 0) is 13.1 Å². The van der Waals surface area contributed by atoms with E-state index in [4.69, 9.17) is 0 Å². The SMILES string of the molecule is CCC(CC)N(Cc1ccc(CNC)s1)CC(C)C. The molecule has 0 saturated carbocycles. The van der Waals surface area contributed by atoms with Crippen LogP contribution in [0.3, 0.4) is 0 Å². The predicted molar refractivity (Wildman–Crippen MR) is 86.7 cm³/mol. The molecule has 110 valence electrons. The standard InChI is InChI=1S/C16H30N2S/c1-6-14(7-2)18(11-13(3)4)12-16-9-8-15(19-16)10-17-5/h8-9,13-14,17H,6-7,10-12H2,1-5H3. The van der Waals surface area contributed by atoms with E-state index in [1.807, 2.05) is 18.4 Å². The minimum absolute atomic E-state index is 0.720. The third kappa shape index (κ3) is 5.64. The summed E-state index contributed by atoms with van der Waals surface area (Å²) in [6.07, 6.45) is 2.50. The van der Waals surface area contributed by atoms with Gasteiger partial charge in [0.1, 0.15) is 0 Å². The van der Waals surface area contributed by atoms with Gasteiger partial charge in [-0.2, -0.15) is 0 Å². The van der Waals surface area contributed by atoms with Gasteiger partial charge < -0.3 is 5.32 Å². The normalized spacial score (nSPS) is 12.0. The van der Waals surface area contributed by atoms with E-state index in [0.717, 1.165) is 25.0 Å². The second-order valence-electron chi connectivity index (χ2n) is 5.69. The Morgan fingerprint density at radius 2 is 1.79 bits per heavy atom. The Morgan fingerprint density at radius 3 is 2.32 bits per heavy atom. The van der Waals surface area contributed by atoms with Crippen molar-refractivity contribution in [2.75, 3.05) is 13.6 Å². The molecule has 1 rings (SSSR count). The first-order valence-electron chi connectivity index (χ1n) is 7.56. The zero-order valence-corrected chi connectivity index (χ0v) is 14.0. The van der Waals surface area contributed by atoms with Gasteiger partial charge in [0, 0.05) is 35.4 Å². The molecular formula is C16H30N2S. The van der Waals surface area contributed by atoms with E-state index in [0.29, 0.717) is 0 Å². The molecule has 2 nitrogen and oxygen atoms in total. The molecule has 19 heavy (non-hydrogen) atoms. The molecule has 0 aromatic carbocycles. The van der Waals surface area contributed by atoms with Crippen LogP contribution in [-0.4, -0.2) is 24.5 Å². The summed E-state index contributed by atoms with van der Waals surface area (Å²) in [7, 11) is 2.01. The van der Waals surface area contributed by atoms with Crippen molar-refractivity contribution in [2.24, 2.45) is 5.92 Å². The Balaban J connectivity index is 2.69. The first-order valence-corrected chi connectivity index (χ1v) is 8.38. The molecule has 0 amide bonds. The number of hydrogen-bond donors (Lipinski definition) is 1. The summed E-state index contributed by atoms with van der Waals surface area (Å²) in [4.78, 5) is 5.60. The summed E-state index contributed by atoms with van der Waals surface area (Å²) in [6.45, 7) is 12.5. The summed E-state index contributed by atoms with van der Waals surface area (Å²) < 4.78 is 0. The maximum Gasteiger partial charge on any atom is 0.0331 e. The van der Waals surface area contributed by atoms with Crippen molar-refractivity contribution in [3.63, 3.8) is 0 Å². The lowest BCUT2D eigenvalue weighted by Crippen LogP contribution is -2.36. The molecule has 0 atom stereocenters. The highest BCUT2D eigenvalue weighted by Gasteiger charge is 2.17. The molecule has 0 spiro atoms. The van der Waals surface area contributed by atoms with E-state index in [1.165, 1.54) is 29.1 Å². The average Bonchev–Trinajstić information content (AvgIpc) is 2.78. The monoisotopic (exact) mass is 282 g/mol. The minimum Gasteiger partial charge on any atom is -0.315 e. The van der Waals surface area contributed by atoms with Gasteiger partial charge in [0.2, 0.25) is 0 Å². The quantitative estimate of drug-likeness (QED) is 0.733. The smallest absolute Gasteiger partial charge is 0.0331 e. The van der Waals surface area contributed by atoms with Crippen LogP contribution in [0, 0.1) is 5.92 Å². The zero-order valence-electron chi connectivity index (χ0n) is 13.2. The second kappa shape index (κ2) is 8.72. The largest absolute Gasteiger partial charge is 0.315 e. The van der Waals surface area contributed by atoms with Crippen LogP contribution in [0.5, 0.6) is 0 Å². The number of thiophene rings is 1. The van der Waals surface area contributed by atoms with Crippen molar-refractivity contribution in [3.8, 4) is 0 Å². The molecule has 0 fully saturated rings. The van der Waals surface area contributed by atoms with Crippen LogP contribution in [0.15, 0.2) is 12.1 Å². The molecule has 0 unspecified atom stereocenters. The van der Waals surface area contributed by atoms with E-state index < -0.39 is 0 Å². The molecular weight excluding hydrogens is 252 g/mol. The second-order valence-corrected chi connectivity index (χ2v) is 6.94. The van der Waals surface area contributed by atoms with Crippen molar-refractivity contribution in [3.05, 3.63) is 21.9 Å². The van der Waals surface area contributed by atoms with E-state index in [1.54, 1.807) is 0 Å². The third-order valence-electron chi connectivity index (χ3n) is 3.49. The fourth-order valence-corrected chi connectivity index (χ4v) is 3.65. The fourth-order valence-electron chi connectivity index (χ4n) is 2.59. The summed E-state index contributed by atoms with van der Waals surface area (Å²) in [5.41, 5.74) is 0. The van der Waals surface area contributed by atoms with Crippen molar-refractivity contribution >= 4 is 11.3 Å². The van der Waals surface area contributed by atoms with E-state index >= 15 is 0 Å². The number of rotatable bonds is 9. The van der Waals surface area contributed by atoms with Crippen LogP contribution in [0.1, 0.15) is 50.3 Å². The van der Waals surface area contributed by atoms with Gasteiger partial charge in [-0.25, -0.2) is 0 Å². The lowest BCUT2D eigenvalue weighted by molar-refractivity contribution is 0.159. The van der Waals surface area contributed by atoms with Gasteiger partial charge in [0.15, 0.2) is 0 Å². The molecule has 0 aliphatic rings. The molecule has 0 saturated heterocycles. The van der Waals surface area contributed by atoms with Crippen LogP contribution < -0.4 is 5.32 Å². The lowest BCUT2D eigenvalue weighted by Gasteiger charge is -2.31. The predicted octanol–water partition coefficient (Wildman–Crippen LogP) is 4.11. The van der Waals surface area contributed by atoms with Gasteiger partial charge in [-0.15, -0.1) is 11.3 Å². The molecule has 0 bridgehead atoms. The summed E-state index contributed by atoms with van der Waals surface area (Å²) in [6, 6.07) is 5.28.